The van der Waals surface area contributed by atoms with E-state index >= 15 is 0 Å². The lowest BCUT2D eigenvalue weighted by atomic mass is 10.2. The number of hydrogen-bond donors (Lipinski definition) is 1. The fourth-order valence-electron chi connectivity index (χ4n) is 1.85. The number of ether oxygens (including phenoxy) is 2. The predicted molar refractivity (Wildman–Crippen MR) is 78.2 cm³/mol. The highest BCUT2D eigenvalue weighted by atomic mass is 35.5. The highest BCUT2D eigenvalue weighted by Gasteiger charge is 2.11. The summed E-state index contributed by atoms with van der Waals surface area (Å²) in [7, 11) is 3.01. The molecule has 0 atom stereocenters. The molecule has 2 aromatic rings. The van der Waals surface area contributed by atoms with Crippen molar-refractivity contribution in [1.29, 1.82) is 0 Å². The maximum absolute atomic E-state index is 13.6. The van der Waals surface area contributed by atoms with Crippen molar-refractivity contribution in [3.8, 4) is 11.5 Å². The second kappa shape index (κ2) is 6.63. The monoisotopic (exact) mass is 313 g/mol. The van der Waals surface area contributed by atoms with E-state index in [-0.39, 0.29) is 6.54 Å². The Kier molecular flexibility index (Phi) is 4.85. The Morgan fingerprint density at radius 2 is 1.76 bits per heavy atom. The molecule has 0 saturated carbocycles. The number of methoxy groups -OCH3 is 2. The fraction of sp³-hybridized carbons (Fsp3) is 0.200. The van der Waals surface area contributed by atoms with Gasteiger partial charge in [-0.2, -0.15) is 0 Å². The van der Waals surface area contributed by atoms with Gasteiger partial charge in [0.05, 0.1) is 24.9 Å². The highest BCUT2D eigenvalue weighted by molar-refractivity contribution is 6.32. The molecule has 1 N–H and O–H groups in total. The summed E-state index contributed by atoms with van der Waals surface area (Å²) in [5.74, 6) is -0.229. The number of nitrogens with one attached hydrogen (secondary N) is 1. The molecular weight excluding hydrogens is 300 g/mol. The molecule has 0 aliphatic rings. The molecule has 0 amide bonds. The van der Waals surface area contributed by atoms with Gasteiger partial charge in [-0.25, -0.2) is 8.78 Å². The summed E-state index contributed by atoms with van der Waals surface area (Å²) < 4.78 is 36.8. The number of anilines is 1. The van der Waals surface area contributed by atoms with Crippen LogP contribution in [-0.2, 0) is 6.54 Å². The summed E-state index contributed by atoms with van der Waals surface area (Å²) in [5, 5.41) is 3.41. The zero-order valence-corrected chi connectivity index (χ0v) is 12.3. The van der Waals surface area contributed by atoms with E-state index in [9.17, 15) is 8.78 Å². The molecule has 2 aromatic carbocycles. The molecule has 112 valence electrons. The van der Waals surface area contributed by atoms with Gasteiger partial charge in [0.25, 0.3) is 0 Å². The van der Waals surface area contributed by atoms with Gasteiger partial charge in [0.15, 0.2) is 0 Å². The molecule has 0 heterocycles. The van der Waals surface area contributed by atoms with Crippen molar-refractivity contribution < 1.29 is 18.3 Å². The van der Waals surface area contributed by atoms with Gasteiger partial charge >= 0.3 is 0 Å². The zero-order valence-electron chi connectivity index (χ0n) is 11.5. The van der Waals surface area contributed by atoms with Crippen LogP contribution in [0.3, 0.4) is 0 Å². The smallest absolute Gasteiger partial charge is 0.145 e. The molecule has 0 saturated heterocycles. The van der Waals surface area contributed by atoms with E-state index in [1.807, 2.05) is 0 Å². The van der Waals surface area contributed by atoms with Gasteiger partial charge in [-0.15, -0.1) is 0 Å². The molecule has 3 nitrogen and oxygen atoms in total. The quantitative estimate of drug-likeness (QED) is 0.895. The molecule has 0 spiro atoms. The molecule has 0 aliphatic heterocycles. The van der Waals surface area contributed by atoms with Crippen LogP contribution in [0.1, 0.15) is 5.56 Å². The summed E-state index contributed by atoms with van der Waals surface area (Å²) in [5.41, 5.74) is 0.928. The molecule has 0 aromatic heterocycles. The van der Waals surface area contributed by atoms with Crippen molar-refractivity contribution in [3.63, 3.8) is 0 Å². The first-order chi connectivity index (χ1) is 10.0. The molecule has 21 heavy (non-hydrogen) atoms. The fourth-order valence-corrected chi connectivity index (χ4v) is 2.09. The summed E-state index contributed by atoms with van der Waals surface area (Å²) in [6, 6.07) is 6.69. The van der Waals surface area contributed by atoms with E-state index in [0.29, 0.717) is 27.8 Å². The van der Waals surface area contributed by atoms with Crippen molar-refractivity contribution in [1.82, 2.24) is 0 Å². The van der Waals surface area contributed by atoms with E-state index in [0.717, 1.165) is 6.07 Å². The third-order valence-electron chi connectivity index (χ3n) is 2.96. The van der Waals surface area contributed by atoms with Gasteiger partial charge in [0.1, 0.15) is 23.1 Å². The van der Waals surface area contributed by atoms with Crippen LogP contribution in [0.5, 0.6) is 11.5 Å². The number of hydrogen-bond acceptors (Lipinski definition) is 3. The summed E-state index contributed by atoms with van der Waals surface area (Å²) in [4.78, 5) is 0. The molecule has 0 unspecified atom stereocenters. The minimum atomic E-state index is -0.610. The predicted octanol–water partition coefficient (Wildman–Crippen LogP) is 4.25. The Bertz CT molecular complexity index is 650. The number of benzene rings is 2. The maximum atomic E-state index is 13.6. The minimum absolute atomic E-state index is 0.172. The Hall–Kier alpha value is -2.01. The zero-order chi connectivity index (χ0) is 15.4. The van der Waals surface area contributed by atoms with Gasteiger partial charge in [-0.1, -0.05) is 17.7 Å². The van der Waals surface area contributed by atoms with Crippen molar-refractivity contribution in [3.05, 3.63) is 52.6 Å². The molecule has 6 heteroatoms. The average Bonchev–Trinajstić information content (AvgIpc) is 2.46. The second-order valence-electron chi connectivity index (χ2n) is 4.28. The summed E-state index contributed by atoms with van der Waals surface area (Å²) in [6.07, 6.45) is 0. The van der Waals surface area contributed by atoms with Gasteiger partial charge < -0.3 is 14.8 Å². The SMILES string of the molecule is COc1cc(OC)c(NCc2ccc(F)cc2F)cc1Cl. The Morgan fingerprint density at radius 3 is 2.38 bits per heavy atom. The molecule has 0 bridgehead atoms. The van der Waals surface area contributed by atoms with E-state index in [2.05, 4.69) is 5.32 Å². The standard InChI is InChI=1S/C15H14ClF2NO2/c1-20-14-7-15(21-2)13(6-11(14)16)19-8-9-3-4-10(17)5-12(9)18/h3-7,19H,8H2,1-2H3. The van der Waals surface area contributed by atoms with Gasteiger partial charge in [0, 0.05) is 24.2 Å². The Morgan fingerprint density at radius 1 is 1.05 bits per heavy atom. The van der Waals surface area contributed by atoms with Crippen molar-refractivity contribution >= 4 is 17.3 Å². The first-order valence-corrected chi connectivity index (χ1v) is 6.52. The van der Waals surface area contributed by atoms with Crippen LogP contribution < -0.4 is 14.8 Å². The molecule has 0 fully saturated rings. The van der Waals surface area contributed by atoms with E-state index in [1.54, 1.807) is 12.1 Å². The van der Waals surface area contributed by atoms with Crippen LogP contribution in [0, 0.1) is 11.6 Å². The van der Waals surface area contributed by atoms with Crippen LogP contribution in [0.4, 0.5) is 14.5 Å². The van der Waals surface area contributed by atoms with Gasteiger partial charge in [0.2, 0.25) is 0 Å². The minimum Gasteiger partial charge on any atom is -0.495 e. The number of halogens is 3. The average molecular weight is 314 g/mol. The van der Waals surface area contributed by atoms with Crippen LogP contribution in [0.2, 0.25) is 5.02 Å². The Labute approximate surface area is 126 Å². The molecule has 0 radical (unpaired) electrons. The lowest BCUT2D eigenvalue weighted by molar-refractivity contribution is 0.395. The third-order valence-corrected chi connectivity index (χ3v) is 3.25. The van der Waals surface area contributed by atoms with Gasteiger partial charge in [-0.3, -0.25) is 0 Å². The first-order valence-electron chi connectivity index (χ1n) is 6.14. The van der Waals surface area contributed by atoms with E-state index < -0.39 is 11.6 Å². The van der Waals surface area contributed by atoms with Crippen LogP contribution in [-0.4, -0.2) is 14.2 Å². The number of rotatable bonds is 5. The van der Waals surface area contributed by atoms with Gasteiger partial charge in [-0.05, 0) is 12.1 Å². The third kappa shape index (κ3) is 3.55. The van der Waals surface area contributed by atoms with Crippen LogP contribution in [0.25, 0.3) is 0 Å². The van der Waals surface area contributed by atoms with Crippen molar-refractivity contribution in [2.75, 3.05) is 19.5 Å². The second-order valence-corrected chi connectivity index (χ2v) is 4.68. The summed E-state index contributed by atoms with van der Waals surface area (Å²) >= 11 is 6.05. The maximum Gasteiger partial charge on any atom is 0.145 e. The molecule has 0 aliphatic carbocycles. The van der Waals surface area contributed by atoms with Crippen LogP contribution >= 0.6 is 11.6 Å². The molecular formula is C15H14ClF2NO2. The van der Waals surface area contributed by atoms with E-state index in [4.69, 9.17) is 21.1 Å². The van der Waals surface area contributed by atoms with Crippen molar-refractivity contribution in [2.24, 2.45) is 0 Å². The largest absolute Gasteiger partial charge is 0.495 e. The van der Waals surface area contributed by atoms with Crippen molar-refractivity contribution in [2.45, 2.75) is 6.54 Å². The lowest BCUT2D eigenvalue weighted by Gasteiger charge is -2.14. The highest BCUT2D eigenvalue weighted by Crippen LogP contribution is 2.36. The summed E-state index contributed by atoms with van der Waals surface area (Å²) in [6.45, 7) is 0.172. The van der Waals surface area contributed by atoms with E-state index in [1.165, 1.54) is 26.4 Å². The topological polar surface area (TPSA) is 30.5 Å². The van der Waals surface area contributed by atoms with Crippen LogP contribution in [0.15, 0.2) is 30.3 Å². The normalized spacial score (nSPS) is 10.3. The first kappa shape index (κ1) is 15.4. The molecule has 2 rings (SSSR count). The Balaban J connectivity index is 2.21. The lowest BCUT2D eigenvalue weighted by Crippen LogP contribution is -2.04.